The lowest BCUT2D eigenvalue weighted by atomic mass is 10.1. The lowest BCUT2D eigenvalue weighted by Gasteiger charge is -2.18. The highest BCUT2D eigenvalue weighted by Gasteiger charge is 2.37. The molecule has 1 unspecified atom stereocenters. The molecule has 1 amide bonds. The van der Waals surface area contributed by atoms with E-state index in [-0.39, 0.29) is 5.91 Å². The summed E-state index contributed by atoms with van der Waals surface area (Å²) in [4.78, 5) is 13.9. The molecule has 1 aromatic heterocycles. The third kappa shape index (κ3) is 1.86. The number of anilines is 1. The first-order valence-electron chi connectivity index (χ1n) is 6.33. The average Bonchev–Trinajstić information content (AvgIpc) is 2.98. The minimum Gasteiger partial charge on any atom is -0.395 e. The van der Waals surface area contributed by atoms with Gasteiger partial charge in [-0.15, -0.1) is 0 Å². The summed E-state index contributed by atoms with van der Waals surface area (Å²) in [5.41, 5.74) is 6.86. The van der Waals surface area contributed by atoms with E-state index < -0.39 is 5.60 Å². The first kappa shape index (κ1) is 11.5. The van der Waals surface area contributed by atoms with Gasteiger partial charge < -0.3 is 15.7 Å². The Morgan fingerprint density at radius 2 is 2.33 bits per heavy atom. The second-order valence-electron chi connectivity index (χ2n) is 5.65. The summed E-state index contributed by atoms with van der Waals surface area (Å²) in [7, 11) is 0. The fourth-order valence-electron chi connectivity index (χ4n) is 2.48. The fraction of sp³-hybridized carbons (Fsp3) is 0.667. The van der Waals surface area contributed by atoms with E-state index in [9.17, 15) is 9.90 Å². The lowest BCUT2D eigenvalue weighted by molar-refractivity contribution is 0.0569. The van der Waals surface area contributed by atoms with E-state index >= 15 is 0 Å². The molecular weight excluding hydrogens is 232 g/mol. The van der Waals surface area contributed by atoms with Gasteiger partial charge in [0.1, 0.15) is 0 Å². The predicted molar refractivity (Wildman–Crippen MR) is 66.1 cm³/mol. The number of aromatic nitrogens is 2. The van der Waals surface area contributed by atoms with Crippen molar-refractivity contribution in [3.05, 3.63) is 11.4 Å². The highest BCUT2D eigenvalue weighted by atomic mass is 16.3. The maximum atomic E-state index is 12.3. The number of nitrogens with zero attached hydrogens (tertiary/aromatic N) is 2. The van der Waals surface area contributed by atoms with E-state index in [0.717, 1.165) is 18.5 Å². The van der Waals surface area contributed by atoms with Crippen LogP contribution in [0.1, 0.15) is 48.3 Å². The minimum absolute atomic E-state index is 0.187. The standard InChI is InChI=1S/C12H18N4O2/c1-12(18)4-5-16(6-12)11(17)10-8(13)9(14-15-10)7-2-3-7/h7,18H,2-6,13H2,1H3,(H,14,15). The summed E-state index contributed by atoms with van der Waals surface area (Å²) in [6, 6.07) is 0. The lowest BCUT2D eigenvalue weighted by Crippen LogP contribution is -2.34. The number of likely N-dealkylation sites (tertiary alicyclic amines) is 1. The Morgan fingerprint density at radius 1 is 1.61 bits per heavy atom. The minimum atomic E-state index is -0.792. The Labute approximate surface area is 105 Å². The van der Waals surface area contributed by atoms with Crippen LogP contribution in [0.3, 0.4) is 0 Å². The van der Waals surface area contributed by atoms with E-state index in [4.69, 9.17) is 5.73 Å². The maximum absolute atomic E-state index is 12.3. The highest BCUT2D eigenvalue weighted by Crippen LogP contribution is 2.42. The van der Waals surface area contributed by atoms with Gasteiger partial charge in [0.2, 0.25) is 0 Å². The first-order valence-corrected chi connectivity index (χ1v) is 6.33. The molecule has 4 N–H and O–H groups in total. The highest BCUT2D eigenvalue weighted by molar-refractivity contribution is 5.98. The Morgan fingerprint density at radius 3 is 2.89 bits per heavy atom. The predicted octanol–water partition coefficient (Wildman–Crippen LogP) is 0.466. The van der Waals surface area contributed by atoms with Gasteiger partial charge in [-0.05, 0) is 26.2 Å². The summed E-state index contributed by atoms with van der Waals surface area (Å²) < 4.78 is 0. The van der Waals surface area contributed by atoms with E-state index in [1.807, 2.05) is 0 Å². The molecule has 6 nitrogen and oxygen atoms in total. The molecule has 1 saturated carbocycles. The fourth-order valence-corrected chi connectivity index (χ4v) is 2.48. The summed E-state index contributed by atoms with van der Waals surface area (Å²) in [5.74, 6) is 0.258. The third-order valence-corrected chi connectivity index (χ3v) is 3.76. The van der Waals surface area contributed by atoms with E-state index in [0.29, 0.717) is 36.8 Å². The van der Waals surface area contributed by atoms with Crippen LogP contribution in [0.25, 0.3) is 0 Å². The first-order chi connectivity index (χ1) is 8.48. The van der Waals surface area contributed by atoms with Gasteiger partial charge in [-0.1, -0.05) is 0 Å². The van der Waals surface area contributed by atoms with Crippen LogP contribution in [-0.2, 0) is 0 Å². The third-order valence-electron chi connectivity index (χ3n) is 3.76. The van der Waals surface area contributed by atoms with Gasteiger partial charge in [0, 0.05) is 19.0 Å². The second kappa shape index (κ2) is 3.71. The molecule has 2 aliphatic rings. The zero-order valence-corrected chi connectivity index (χ0v) is 10.4. The Hall–Kier alpha value is -1.56. The van der Waals surface area contributed by atoms with Gasteiger partial charge >= 0.3 is 0 Å². The molecule has 0 radical (unpaired) electrons. The summed E-state index contributed by atoms with van der Waals surface area (Å²) >= 11 is 0. The van der Waals surface area contributed by atoms with Crippen LogP contribution in [0.4, 0.5) is 5.69 Å². The number of rotatable bonds is 2. The van der Waals surface area contributed by atoms with Gasteiger partial charge in [-0.2, -0.15) is 5.10 Å². The number of carbonyl (C=O) groups is 1. The van der Waals surface area contributed by atoms with Gasteiger partial charge in [0.25, 0.3) is 5.91 Å². The van der Waals surface area contributed by atoms with Gasteiger partial charge in [-0.3, -0.25) is 9.89 Å². The second-order valence-corrected chi connectivity index (χ2v) is 5.65. The average molecular weight is 250 g/mol. The van der Waals surface area contributed by atoms with Crippen molar-refractivity contribution < 1.29 is 9.90 Å². The van der Waals surface area contributed by atoms with Crippen molar-refractivity contribution in [1.29, 1.82) is 0 Å². The van der Waals surface area contributed by atoms with Crippen LogP contribution < -0.4 is 5.73 Å². The summed E-state index contributed by atoms with van der Waals surface area (Å²) in [6.07, 6.45) is 2.81. The molecular formula is C12H18N4O2. The van der Waals surface area contributed by atoms with Crippen LogP contribution >= 0.6 is 0 Å². The molecule has 0 bridgehead atoms. The van der Waals surface area contributed by atoms with Crippen LogP contribution in [0.15, 0.2) is 0 Å². The number of hydrogen-bond acceptors (Lipinski definition) is 4. The van der Waals surface area contributed by atoms with Crippen LogP contribution in [0.5, 0.6) is 0 Å². The molecule has 2 heterocycles. The van der Waals surface area contributed by atoms with Gasteiger partial charge in [0.15, 0.2) is 5.69 Å². The van der Waals surface area contributed by atoms with Crippen molar-refractivity contribution in [3.63, 3.8) is 0 Å². The normalized spacial score (nSPS) is 27.8. The van der Waals surface area contributed by atoms with E-state index in [2.05, 4.69) is 10.2 Å². The van der Waals surface area contributed by atoms with Crippen molar-refractivity contribution in [2.24, 2.45) is 0 Å². The molecule has 18 heavy (non-hydrogen) atoms. The number of nitrogens with two attached hydrogens (primary N) is 1. The molecule has 1 aromatic rings. The van der Waals surface area contributed by atoms with Crippen molar-refractivity contribution in [1.82, 2.24) is 15.1 Å². The van der Waals surface area contributed by atoms with Crippen LogP contribution in [0.2, 0.25) is 0 Å². The number of aromatic amines is 1. The molecule has 1 atom stereocenters. The molecule has 1 aliphatic carbocycles. The molecule has 0 spiro atoms. The largest absolute Gasteiger partial charge is 0.395 e. The number of aliphatic hydroxyl groups is 1. The number of β-amino-alcohol motifs (C(OH)–C–C–N with tert-alkyl or cyclic N) is 1. The van der Waals surface area contributed by atoms with Crippen molar-refractivity contribution in [3.8, 4) is 0 Å². The van der Waals surface area contributed by atoms with Crippen LogP contribution in [0, 0.1) is 0 Å². The number of H-pyrrole nitrogens is 1. The Bertz CT molecular complexity index is 490. The number of nitrogen functional groups attached to an aromatic ring is 1. The SMILES string of the molecule is CC1(O)CCN(C(=O)c2n[nH]c(C3CC3)c2N)C1. The monoisotopic (exact) mass is 250 g/mol. The van der Waals surface area contributed by atoms with Crippen molar-refractivity contribution in [2.75, 3.05) is 18.8 Å². The van der Waals surface area contributed by atoms with Crippen LogP contribution in [-0.4, -0.2) is 44.8 Å². The Balaban J connectivity index is 1.80. The number of hydrogen-bond donors (Lipinski definition) is 3. The Kier molecular flexibility index (Phi) is 2.38. The maximum Gasteiger partial charge on any atom is 0.276 e. The van der Waals surface area contributed by atoms with E-state index in [1.54, 1.807) is 11.8 Å². The molecule has 3 rings (SSSR count). The topological polar surface area (TPSA) is 95.2 Å². The number of amides is 1. The van der Waals surface area contributed by atoms with Gasteiger partial charge in [0.05, 0.1) is 17.0 Å². The van der Waals surface area contributed by atoms with Crippen molar-refractivity contribution >= 4 is 11.6 Å². The molecule has 2 fully saturated rings. The van der Waals surface area contributed by atoms with E-state index in [1.165, 1.54) is 0 Å². The number of carbonyl (C=O) groups excluding carboxylic acids is 1. The molecule has 1 aliphatic heterocycles. The molecule has 98 valence electrons. The zero-order chi connectivity index (χ0) is 12.9. The van der Waals surface area contributed by atoms with Crippen molar-refractivity contribution in [2.45, 2.75) is 37.7 Å². The summed E-state index contributed by atoms with van der Waals surface area (Å²) in [6.45, 7) is 2.64. The molecule has 0 aromatic carbocycles. The smallest absolute Gasteiger partial charge is 0.276 e. The molecule has 6 heteroatoms. The van der Waals surface area contributed by atoms with Gasteiger partial charge in [-0.25, -0.2) is 0 Å². The molecule has 1 saturated heterocycles. The summed E-state index contributed by atoms with van der Waals surface area (Å²) in [5, 5.41) is 16.8. The quantitative estimate of drug-likeness (QED) is 0.711. The number of nitrogens with one attached hydrogen (secondary N) is 1. The zero-order valence-electron chi connectivity index (χ0n) is 10.4.